The molecule has 0 bridgehead atoms. The Morgan fingerprint density at radius 3 is 3.13 bits per heavy atom. The standard InChI is InChI=1S/C13H17NO/c1-2-10-6-7-13(12(9-10)15-13)11-5-3-4-8-14-11/h3-5,8,10,12H,2,6-7,9H2,1H3/t10-,12-,13+/m1/s1. The van der Waals surface area contributed by atoms with Crippen molar-refractivity contribution in [2.45, 2.75) is 44.3 Å². The molecule has 2 nitrogen and oxygen atoms in total. The van der Waals surface area contributed by atoms with Gasteiger partial charge in [-0.05, 0) is 37.3 Å². The second kappa shape index (κ2) is 3.31. The highest BCUT2D eigenvalue weighted by Gasteiger charge is 2.60. The van der Waals surface area contributed by atoms with Gasteiger partial charge in [-0.3, -0.25) is 4.98 Å². The summed E-state index contributed by atoms with van der Waals surface area (Å²) >= 11 is 0. The summed E-state index contributed by atoms with van der Waals surface area (Å²) in [6.45, 7) is 2.28. The lowest BCUT2D eigenvalue weighted by molar-refractivity contribution is 0.278. The first-order valence-electron chi connectivity index (χ1n) is 5.94. The van der Waals surface area contributed by atoms with E-state index in [2.05, 4.69) is 24.0 Å². The molecule has 1 aliphatic carbocycles. The monoisotopic (exact) mass is 203 g/mol. The summed E-state index contributed by atoms with van der Waals surface area (Å²) in [5.41, 5.74) is 1.15. The molecule has 3 rings (SSSR count). The Hall–Kier alpha value is -0.890. The number of fused-ring (bicyclic) bond motifs is 1. The van der Waals surface area contributed by atoms with E-state index in [1.54, 1.807) is 0 Å². The lowest BCUT2D eigenvalue weighted by Crippen LogP contribution is -2.23. The van der Waals surface area contributed by atoms with E-state index in [1.165, 1.54) is 19.3 Å². The van der Waals surface area contributed by atoms with Crippen LogP contribution < -0.4 is 0 Å². The van der Waals surface area contributed by atoms with Gasteiger partial charge in [-0.15, -0.1) is 0 Å². The Kier molecular flexibility index (Phi) is 2.06. The molecule has 0 aromatic carbocycles. The second-order valence-electron chi connectivity index (χ2n) is 4.76. The van der Waals surface area contributed by atoms with Crippen LogP contribution in [0.3, 0.4) is 0 Å². The number of pyridine rings is 1. The first-order valence-corrected chi connectivity index (χ1v) is 5.94. The molecular weight excluding hydrogens is 186 g/mol. The first-order chi connectivity index (χ1) is 7.35. The van der Waals surface area contributed by atoms with Gasteiger partial charge in [-0.2, -0.15) is 0 Å². The van der Waals surface area contributed by atoms with Gasteiger partial charge in [-0.25, -0.2) is 0 Å². The first kappa shape index (κ1) is 9.34. The smallest absolute Gasteiger partial charge is 0.136 e. The van der Waals surface area contributed by atoms with E-state index in [9.17, 15) is 0 Å². The molecule has 1 saturated heterocycles. The summed E-state index contributed by atoms with van der Waals surface area (Å²) in [4.78, 5) is 4.44. The highest BCUT2D eigenvalue weighted by Crippen LogP contribution is 2.56. The van der Waals surface area contributed by atoms with Crippen molar-refractivity contribution in [3.63, 3.8) is 0 Å². The molecule has 0 spiro atoms. The molecule has 2 fully saturated rings. The van der Waals surface area contributed by atoms with Crippen molar-refractivity contribution < 1.29 is 4.74 Å². The number of hydrogen-bond donors (Lipinski definition) is 0. The fourth-order valence-electron chi connectivity index (χ4n) is 2.85. The zero-order valence-corrected chi connectivity index (χ0v) is 9.15. The molecule has 2 heterocycles. The summed E-state index contributed by atoms with van der Waals surface area (Å²) in [5, 5.41) is 0. The Morgan fingerprint density at radius 2 is 2.47 bits per heavy atom. The summed E-state index contributed by atoms with van der Waals surface area (Å²) in [5.74, 6) is 0.870. The maximum atomic E-state index is 5.92. The lowest BCUT2D eigenvalue weighted by atomic mass is 9.79. The lowest BCUT2D eigenvalue weighted by Gasteiger charge is -2.22. The highest BCUT2D eigenvalue weighted by atomic mass is 16.6. The quantitative estimate of drug-likeness (QED) is 0.690. The van der Waals surface area contributed by atoms with Crippen molar-refractivity contribution in [1.82, 2.24) is 4.98 Å². The molecule has 1 saturated carbocycles. The molecule has 1 aromatic rings. The normalized spacial score (nSPS) is 38.5. The number of aromatic nitrogens is 1. The van der Waals surface area contributed by atoms with Gasteiger partial charge >= 0.3 is 0 Å². The number of epoxide rings is 1. The third-order valence-electron chi connectivity index (χ3n) is 3.96. The number of ether oxygens (including phenoxy) is 1. The van der Waals surface area contributed by atoms with Gasteiger partial charge in [-0.1, -0.05) is 19.4 Å². The largest absolute Gasteiger partial charge is 0.359 e. The minimum Gasteiger partial charge on any atom is -0.359 e. The Morgan fingerprint density at radius 1 is 1.53 bits per heavy atom. The van der Waals surface area contributed by atoms with Crippen LogP contribution in [0.15, 0.2) is 24.4 Å². The van der Waals surface area contributed by atoms with Crippen LogP contribution in [0.2, 0.25) is 0 Å². The van der Waals surface area contributed by atoms with Crippen LogP contribution in [0, 0.1) is 5.92 Å². The van der Waals surface area contributed by atoms with Gasteiger partial charge in [0.25, 0.3) is 0 Å². The Bertz CT molecular complexity index is 351. The van der Waals surface area contributed by atoms with Crippen molar-refractivity contribution in [2.24, 2.45) is 5.92 Å². The minimum absolute atomic E-state index is 0.00688. The third kappa shape index (κ3) is 1.39. The SMILES string of the molecule is CC[C@@H]1CC[C@@]2(c3ccccn3)O[C@@H]2C1. The van der Waals surface area contributed by atoms with E-state index in [1.807, 2.05) is 12.3 Å². The van der Waals surface area contributed by atoms with Crippen LogP contribution in [0.25, 0.3) is 0 Å². The summed E-state index contributed by atoms with van der Waals surface area (Å²) in [6, 6.07) is 6.13. The van der Waals surface area contributed by atoms with Crippen LogP contribution in [-0.4, -0.2) is 11.1 Å². The molecule has 3 atom stereocenters. The zero-order valence-electron chi connectivity index (χ0n) is 9.15. The van der Waals surface area contributed by atoms with Crippen LogP contribution in [-0.2, 0) is 10.3 Å². The highest BCUT2D eigenvalue weighted by molar-refractivity contribution is 5.23. The van der Waals surface area contributed by atoms with Gasteiger partial charge in [0.15, 0.2) is 0 Å². The molecule has 0 unspecified atom stereocenters. The van der Waals surface area contributed by atoms with Crippen molar-refractivity contribution >= 4 is 0 Å². The molecule has 80 valence electrons. The van der Waals surface area contributed by atoms with Gasteiger partial charge in [0.2, 0.25) is 0 Å². The molecular formula is C13H17NO. The molecule has 2 heteroatoms. The predicted molar refractivity (Wildman–Crippen MR) is 58.4 cm³/mol. The molecule has 0 amide bonds. The van der Waals surface area contributed by atoms with Crippen molar-refractivity contribution in [3.8, 4) is 0 Å². The summed E-state index contributed by atoms with van der Waals surface area (Å²) < 4.78 is 5.92. The fraction of sp³-hybridized carbons (Fsp3) is 0.615. The van der Waals surface area contributed by atoms with Gasteiger partial charge < -0.3 is 4.74 Å². The maximum Gasteiger partial charge on any atom is 0.136 e. The molecule has 2 aliphatic rings. The van der Waals surface area contributed by atoms with Gasteiger partial charge in [0, 0.05) is 6.20 Å². The number of rotatable bonds is 2. The average Bonchev–Trinajstić information content (AvgIpc) is 3.04. The van der Waals surface area contributed by atoms with E-state index >= 15 is 0 Å². The molecule has 1 aromatic heterocycles. The topological polar surface area (TPSA) is 25.4 Å². The van der Waals surface area contributed by atoms with Gasteiger partial charge in [0.1, 0.15) is 5.60 Å². The predicted octanol–water partition coefficient (Wildman–Crippen LogP) is 2.89. The van der Waals surface area contributed by atoms with Gasteiger partial charge in [0.05, 0.1) is 11.8 Å². The fourth-order valence-corrected chi connectivity index (χ4v) is 2.85. The maximum absolute atomic E-state index is 5.92. The van der Waals surface area contributed by atoms with E-state index in [0.29, 0.717) is 6.10 Å². The van der Waals surface area contributed by atoms with Crippen LogP contribution in [0.4, 0.5) is 0 Å². The zero-order chi connectivity index (χ0) is 10.3. The van der Waals surface area contributed by atoms with E-state index in [4.69, 9.17) is 4.74 Å². The molecule has 1 aliphatic heterocycles. The van der Waals surface area contributed by atoms with Crippen LogP contribution in [0.5, 0.6) is 0 Å². The molecule has 0 N–H and O–H groups in total. The number of hydrogen-bond acceptors (Lipinski definition) is 2. The second-order valence-corrected chi connectivity index (χ2v) is 4.76. The third-order valence-corrected chi connectivity index (χ3v) is 3.96. The minimum atomic E-state index is 0.00688. The van der Waals surface area contributed by atoms with Crippen molar-refractivity contribution in [1.29, 1.82) is 0 Å². The average molecular weight is 203 g/mol. The Balaban J connectivity index is 1.80. The van der Waals surface area contributed by atoms with Crippen molar-refractivity contribution in [2.75, 3.05) is 0 Å². The number of nitrogens with zero attached hydrogens (tertiary/aromatic N) is 1. The van der Waals surface area contributed by atoms with E-state index in [0.717, 1.165) is 18.0 Å². The molecule has 15 heavy (non-hydrogen) atoms. The summed E-state index contributed by atoms with van der Waals surface area (Å²) in [6.07, 6.45) is 7.29. The van der Waals surface area contributed by atoms with Crippen molar-refractivity contribution in [3.05, 3.63) is 30.1 Å². The van der Waals surface area contributed by atoms with Crippen LogP contribution >= 0.6 is 0 Å². The molecule has 0 radical (unpaired) electrons. The Labute approximate surface area is 90.7 Å². The van der Waals surface area contributed by atoms with E-state index < -0.39 is 0 Å². The van der Waals surface area contributed by atoms with E-state index in [-0.39, 0.29) is 5.60 Å². The summed E-state index contributed by atoms with van der Waals surface area (Å²) in [7, 11) is 0. The van der Waals surface area contributed by atoms with Crippen LogP contribution in [0.1, 0.15) is 38.3 Å².